The summed E-state index contributed by atoms with van der Waals surface area (Å²) in [5.74, 6) is -0.0964. The number of hydrogen-bond acceptors (Lipinski definition) is 6. The maximum Gasteiger partial charge on any atom is 0.263 e. The quantitative estimate of drug-likeness (QED) is 0.554. The Morgan fingerprint density at radius 3 is 2.77 bits per heavy atom. The number of hydrogen-bond donors (Lipinski definition) is 1. The molecule has 0 saturated carbocycles. The van der Waals surface area contributed by atoms with E-state index in [2.05, 4.69) is 20.4 Å². The lowest BCUT2D eigenvalue weighted by Crippen LogP contribution is -2.25. The molecule has 0 spiro atoms. The summed E-state index contributed by atoms with van der Waals surface area (Å²) in [6.45, 7) is 2.38. The molecular weight excluding hydrogens is 368 g/mol. The van der Waals surface area contributed by atoms with Crippen LogP contribution in [0.5, 0.6) is 0 Å². The van der Waals surface area contributed by atoms with E-state index in [1.165, 1.54) is 22.7 Å². The van der Waals surface area contributed by atoms with E-state index in [1.54, 1.807) is 10.9 Å². The molecule has 0 aromatic carbocycles. The summed E-state index contributed by atoms with van der Waals surface area (Å²) in [5, 5.41) is 10.7. The number of amides is 1. The lowest BCUT2D eigenvalue weighted by Gasteiger charge is -2.02. The van der Waals surface area contributed by atoms with Crippen LogP contribution in [-0.4, -0.2) is 36.8 Å². The van der Waals surface area contributed by atoms with E-state index in [0.29, 0.717) is 17.8 Å². The average Bonchev–Trinajstić information content (AvgIpc) is 3.40. The molecule has 0 aliphatic heterocycles. The molecule has 9 heteroatoms. The van der Waals surface area contributed by atoms with Crippen LogP contribution in [0.15, 0.2) is 48.4 Å². The highest BCUT2D eigenvalue weighted by Gasteiger charge is 2.15. The van der Waals surface area contributed by atoms with Crippen LogP contribution in [0, 0.1) is 6.92 Å². The van der Waals surface area contributed by atoms with E-state index in [0.717, 1.165) is 21.7 Å². The number of aryl methyl sites for hydroxylation is 1. The molecule has 1 amide bonds. The SMILES string of the molecule is Cc1nc(-n2cccc2)sc1C(=O)NCCc1csc(-n2cccn2)n1. The maximum absolute atomic E-state index is 12.4. The Kier molecular flexibility index (Phi) is 4.63. The minimum absolute atomic E-state index is 0.0964. The van der Waals surface area contributed by atoms with Gasteiger partial charge in [-0.2, -0.15) is 5.10 Å². The minimum Gasteiger partial charge on any atom is -0.351 e. The van der Waals surface area contributed by atoms with Crippen molar-refractivity contribution in [1.82, 2.24) is 29.6 Å². The van der Waals surface area contributed by atoms with Gasteiger partial charge in [-0.05, 0) is 25.1 Å². The van der Waals surface area contributed by atoms with Gasteiger partial charge < -0.3 is 9.88 Å². The van der Waals surface area contributed by atoms with Crippen molar-refractivity contribution in [2.75, 3.05) is 6.54 Å². The summed E-state index contributed by atoms with van der Waals surface area (Å²) in [6.07, 6.45) is 8.09. The van der Waals surface area contributed by atoms with Gasteiger partial charge in [-0.1, -0.05) is 11.3 Å². The third kappa shape index (κ3) is 3.44. The Morgan fingerprint density at radius 2 is 2.00 bits per heavy atom. The fourth-order valence-electron chi connectivity index (χ4n) is 2.45. The Morgan fingerprint density at radius 1 is 1.15 bits per heavy atom. The molecule has 0 unspecified atom stereocenters. The first-order valence-electron chi connectivity index (χ1n) is 8.04. The van der Waals surface area contributed by atoms with Crippen LogP contribution in [0.4, 0.5) is 0 Å². The van der Waals surface area contributed by atoms with Gasteiger partial charge in [-0.15, -0.1) is 11.3 Å². The zero-order chi connectivity index (χ0) is 17.9. The van der Waals surface area contributed by atoms with Crippen molar-refractivity contribution in [2.45, 2.75) is 13.3 Å². The molecule has 1 N–H and O–H groups in total. The minimum atomic E-state index is -0.0964. The zero-order valence-corrected chi connectivity index (χ0v) is 15.6. The second kappa shape index (κ2) is 7.22. The Balaban J connectivity index is 1.36. The number of aromatic nitrogens is 5. The number of nitrogens with zero attached hydrogens (tertiary/aromatic N) is 5. The fourth-order valence-corrected chi connectivity index (χ4v) is 4.20. The summed E-state index contributed by atoms with van der Waals surface area (Å²) in [5.41, 5.74) is 1.68. The molecule has 4 aromatic rings. The van der Waals surface area contributed by atoms with Gasteiger partial charge >= 0.3 is 0 Å². The summed E-state index contributed by atoms with van der Waals surface area (Å²) in [6, 6.07) is 5.73. The third-order valence-corrected chi connectivity index (χ3v) is 5.77. The summed E-state index contributed by atoms with van der Waals surface area (Å²) in [4.78, 5) is 22.1. The zero-order valence-electron chi connectivity index (χ0n) is 14.0. The van der Waals surface area contributed by atoms with Crippen LogP contribution >= 0.6 is 22.7 Å². The lowest BCUT2D eigenvalue weighted by atomic mass is 10.3. The van der Waals surface area contributed by atoms with Crippen molar-refractivity contribution < 1.29 is 4.79 Å². The van der Waals surface area contributed by atoms with E-state index >= 15 is 0 Å². The largest absolute Gasteiger partial charge is 0.351 e. The van der Waals surface area contributed by atoms with Crippen molar-refractivity contribution in [1.29, 1.82) is 0 Å². The maximum atomic E-state index is 12.4. The Labute approximate surface area is 158 Å². The molecule has 0 bridgehead atoms. The summed E-state index contributed by atoms with van der Waals surface area (Å²) < 4.78 is 3.64. The molecule has 0 aliphatic rings. The van der Waals surface area contributed by atoms with Gasteiger partial charge in [0.05, 0.1) is 11.4 Å². The molecular formula is C17H16N6OS2. The van der Waals surface area contributed by atoms with Crippen LogP contribution in [0.3, 0.4) is 0 Å². The van der Waals surface area contributed by atoms with Gasteiger partial charge in [0.25, 0.3) is 5.91 Å². The van der Waals surface area contributed by atoms with Gasteiger partial charge in [0.1, 0.15) is 4.88 Å². The monoisotopic (exact) mass is 384 g/mol. The van der Waals surface area contributed by atoms with E-state index in [4.69, 9.17) is 0 Å². The fraction of sp³-hybridized carbons (Fsp3) is 0.176. The first kappa shape index (κ1) is 16.7. The average molecular weight is 384 g/mol. The third-order valence-electron chi connectivity index (χ3n) is 3.72. The van der Waals surface area contributed by atoms with Crippen molar-refractivity contribution in [3.8, 4) is 10.3 Å². The first-order valence-corrected chi connectivity index (χ1v) is 9.74. The van der Waals surface area contributed by atoms with E-state index in [9.17, 15) is 4.79 Å². The number of carbonyl (C=O) groups excluding carboxylic acids is 1. The standard InChI is InChI=1S/C17H16N6OS2/c1-12-14(26-16(20-12)22-8-2-3-9-22)15(24)18-7-5-13-11-25-17(21-13)23-10-4-6-19-23/h2-4,6,8-11H,5,7H2,1H3,(H,18,24). The smallest absolute Gasteiger partial charge is 0.263 e. The molecule has 0 radical (unpaired) electrons. The Hall–Kier alpha value is -2.78. The molecule has 4 heterocycles. The van der Waals surface area contributed by atoms with Crippen molar-refractivity contribution in [3.63, 3.8) is 0 Å². The highest BCUT2D eigenvalue weighted by Crippen LogP contribution is 2.21. The number of carbonyl (C=O) groups is 1. The van der Waals surface area contributed by atoms with Gasteiger partial charge in [0, 0.05) is 43.1 Å². The van der Waals surface area contributed by atoms with Crippen molar-refractivity contribution in [3.05, 3.63) is 64.6 Å². The van der Waals surface area contributed by atoms with E-state index in [1.807, 2.05) is 53.7 Å². The van der Waals surface area contributed by atoms with Gasteiger partial charge in [-0.3, -0.25) is 4.79 Å². The van der Waals surface area contributed by atoms with E-state index < -0.39 is 0 Å². The van der Waals surface area contributed by atoms with Crippen molar-refractivity contribution >= 4 is 28.6 Å². The molecule has 4 aromatic heterocycles. The molecule has 0 saturated heterocycles. The lowest BCUT2D eigenvalue weighted by molar-refractivity contribution is 0.0957. The molecule has 132 valence electrons. The van der Waals surface area contributed by atoms with Gasteiger partial charge in [0.15, 0.2) is 5.13 Å². The van der Waals surface area contributed by atoms with Crippen LogP contribution in [0.1, 0.15) is 21.1 Å². The number of nitrogens with one attached hydrogen (secondary N) is 1. The van der Waals surface area contributed by atoms with Gasteiger partial charge in [0.2, 0.25) is 5.13 Å². The highest BCUT2D eigenvalue weighted by atomic mass is 32.1. The van der Waals surface area contributed by atoms with Gasteiger partial charge in [-0.25, -0.2) is 14.6 Å². The topological polar surface area (TPSA) is 77.6 Å². The Bertz CT molecular complexity index is 1000. The molecule has 26 heavy (non-hydrogen) atoms. The number of thiazole rings is 2. The van der Waals surface area contributed by atoms with Crippen LogP contribution < -0.4 is 5.32 Å². The second-order valence-corrected chi connectivity index (χ2v) is 7.39. The predicted octanol–water partition coefficient (Wildman–Crippen LogP) is 2.86. The van der Waals surface area contributed by atoms with Crippen LogP contribution in [0.25, 0.3) is 10.3 Å². The van der Waals surface area contributed by atoms with Crippen LogP contribution in [0.2, 0.25) is 0 Å². The molecule has 4 rings (SSSR count). The second-order valence-electron chi connectivity index (χ2n) is 5.58. The summed E-state index contributed by atoms with van der Waals surface area (Å²) in [7, 11) is 0. The molecule has 0 aliphatic carbocycles. The number of rotatable bonds is 6. The predicted molar refractivity (Wildman–Crippen MR) is 101 cm³/mol. The van der Waals surface area contributed by atoms with E-state index in [-0.39, 0.29) is 5.91 Å². The molecule has 0 fully saturated rings. The first-order chi connectivity index (χ1) is 12.7. The molecule has 0 atom stereocenters. The summed E-state index contributed by atoms with van der Waals surface area (Å²) >= 11 is 2.92. The van der Waals surface area contributed by atoms with Crippen molar-refractivity contribution in [2.24, 2.45) is 0 Å². The normalized spacial score (nSPS) is 11.0. The highest BCUT2D eigenvalue weighted by molar-refractivity contribution is 7.16. The molecule has 7 nitrogen and oxygen atoms in total. The van der Waals surface area contributed by atoms with Crippen LogP contribution in [-0.2, 0) is 6.42 Å².